The molecule has 0 aliphatic carbocycles. The minimum atomic E-state index is -0.790. The number of ether oxygens (including phenoxy) is 2. The largest absolute Gasteiger partial charge is 0.503 e. The number of ketones is 1. The third kappa shape index (κ3) is 3.98. The summed E-state index contributed by atoms with van der Waals surface area (Å²) in [5.41, 5.74) is 2.93. The van der Waals surface area contributed by atoms with Crippen LogP contribution in [0.2, 0.25) is 0 Å². The Balaban J connectivity index is 1.59. The van der Waals surface area contributed by atoms with Crippen molar-refractivity contribution in [1.29, 1.82) is 0 Å². The van der Waals surface area contributed by atoms with E-state index >= 15 is 0 Å². The lowest BCUT2D eigenvalue weighted by atomic mass is 9.94. The summed E-state index contributed by atoms with van der Waals surface area (Å²) in [6.45, 7) is 2.13. The highest BCUT2D eigenvalue weighted by Gasteiger charge is 2.44. The van der Waals surface area contributed by atoms with E-state index in [1.807, 2.05) is 43.3 Å². The number of carbonyl (C=O) groups excluding carboxylic acids is 2. The quantitative estimate of drug-likeness (QED) is 0.347. The Morgan fingerprint density at radius 2 is 1.75 bits per heavy atom. The van der Waals surface area contributed by atoms with Gasteiger partial charge in [-0.25, -0.2) is 0 Å². The first kappa shape index (κ1) is 23.2. The van der Waals surface area contributed by atoms with Crippen molar-refractivity contribution in [2.75, 3.05) is 14.2 Å². The molecule has 5 rings (SSSR count). The number of aliphatic hydroxyl groups excluding tert-OH is 1. The van der Waals surface area contributed by atoms with Crippen molar-refractivity contribution in [3.63, 3.8) is 0 Å². The monoisotopic (exact) mass is 483 g/mol. The second-order valence-corrected chi connectivity index (χ2v) is 8.68. The summed E-state index contributed by atoms with van der Waals surface area (Å²) < 4.78 is 16.4. The average Bonchev–Trinajstić information content (AvgIpc) is 3.44. The Bertz CT molecular complexity index is 1500. The van der Waals surface area contributed by atoms with Gasteiger partial charge in [-0.1, -0.05) is 54.1 Å². The molecule has 7 heteroatoms. The van der Waals surface area contributed by atoms with Crippen LogP contribution in [0.15, 0.2) is 88.5 Å². The minimum absolute atomic E-state index is 0.0165. The number of carbonyl (C=O) groups is 2. The van der Waals surface area contributed by atoms with Crippen molar-refractivity contribution in [1.82, 2.24) is 4.90 Å². The van der Waals surface area contributed by atoms with E-state index in [2.05, 4.69) is 0 Å². The van der Waals surface area contributed by atoms with Gasteiger partial charge in [-0.2, -0.15) is 0 Å². The standard InChI is InChI=1S/C29H25NO6/c1-17-6-4-7-19(14-17)25-24(26(31)23-15-20-8-5-9-22(35-3)28(20)36-23)27(32)29(33)30(25)16-18-10-12-21(34-2)13-11-18/h4-15,25,32H,16H2,1-3H3. The lowest BCUT2D eigenvalue weighted by Gasteiger charge is -2.27. The number of aryl methyl sites for hydroxylation is 1. The maximum absolute atomic E-state index is 13.8. The van der Waals surface area contributed by atoms with Crippen LogP contribution in [0.3, 0.4) is 0 Å². The molecule has 1 aromatic heterocycles. The van der Waals surface area contributed by atoms with E-state index in [0.717, 1.165) is 16.7 Å². The Morgan fingerprint density at radius 1 is 1.00 bits per heavy atom. The van der Waals surface area contributed by atoms with Crippen molar-refractivity contribution in [2.24, 2.45) is 0 Å². The molecule has 1 aliphatic heterocycles. The summed E-state index contributed by atoms with van der Waals surface area (Å²) in [4.78, 5) is 28.6. The number of Topliss-reactive ketones (excluding diaryl/α,β-unsaturated/α-hetero) is 1. The lowest BCUT2D eigenvalue weighted by molar-refractivity contribution is -0.130. The highest BCUT2D eigenvalue weighted by Crippen LogP contribution is 2.41. The van der Waals surface area contributed by atoms with E-state index in [-0.39, 0.29) is 17.9 Å². The smallest absolute Gasteiger partial charge is 0.290 e. The van der Waals surface area contributed by atoms with Gasteiger partial charge < -0.3 is 23.9 Å². The zero-order valence-electron chi connectivity index (χ0n) is 20.1. The average molecular weight is 484 g/mol. The fraction of sp³-hybridized carbons (Fsp3) is 0.172. The molecule has 182 valence electrons. The minimum Gasteiger partial charge on any atom is -0.503 e. The molecular weight excluding hydrogens is 458 g/mol. The Labute approximate surface area is 208 Å². The summed E-state index contributed by atoms with van der Waals surface area (Å²) >= 11 is 0. The molecule has 3 aromatic carbocycles. The van der Waals surface area contributed by atoms with E-state index in [0.29, 0.717) is 22.5 Å². The van der Waals surface area contributed by atoms with Crippen molar-refractivity contribution in [2.45, 2.75) is 19.5 Å². The van der Waals surface area contributed by atoms with Gasteiger partial charge in [-0.3, -0.25) is 9.59 Å². The van der Waals surface area contributed by atoms with Gasteiger partial charge in [0.05, 0.1) is 25.8 Å². The molecule has 0 bridgehead atoms. The summed E-state index contributed by atoms with van der Waals surface area (Å²) in [7, 11) is 3.11. The number of rotatable bonds is 7. The number of para-hydroxylation sites is 1. The van der Waals surface area contributed by atoms with Gasteiger partial charge in [-0.05, 0) is 42.3 Å². The molecule has 0 saturated heterocycles. The molecule has 2 heterocycles. The molecule has 7 nitrogen and oxygen atoms in total. The number of fused-ring (bicyclic) bond motifs is 1. The van der Waals surface area contributed by atoms with Crippen LogP contribution in [0.4, 0.5) is 0 Å². The number of hydrogen-bond acceptors (Lipinski definition) is 6. The molecular formula is C29H25NO6. The predicted molar refractivity (Wildman–Crippen MR) is 134 cm³/mol. The first-order chi connectivity index (χ1) is 17.4. The maximum atomic E-state index is 13.8. The summed E-state index contributed by atoms with van der Waals surface area (Å²) in [6.07, 6.45) is 0. The molecule has 0 saturated carbocycles. The fourth-order valence-electron chi connectivity index (χ4n) is 4.60. The van der Waals surface area contributed by atoms with Crippen molar-refractivity contribution in [3.05, 3.63) is 107 Å². The molecule has 4 aromatic rings. The second kappa shape index (κ2) is 9.26. The van der Waals surface area contributed by atoms with Crippen LogP contribution in [-0.4, -0.2) is 35.9 Å². The van der Waals surface area contributed by atoms with Gasteiger partial charge in [0.25, 0.3) is 5.91 Å². The van der Waals surface area contributed by atoms with Crippen LogP contribution in [0.5, 0.6) is 11.5 Å². The van der Waals surface area contributed by atoms with Gasteiger partial charge in [0.2, 0.25) is 5.78 Å². The third-order valence-corrected chi connectivity index (χ3v) is 6.37. The van der Waals surface area contributed by atoms with Gasteiger partial charge in [-0.15, -0.1) is 0 Å². The van der Waals surface area contributed by atoms with Crippen LogP contribution < -0.4 is 9.47 Å². The summed E-state index contributed by atoms with van der Waals surface area (Å²) in [5.74, 6) is -0.542. The maximum Gasteiger partial charge on any atom is 0.290 e. The third-order valence-electron chi connectivity index (χ3n) is 6.37. The number of furan rings is 1. The number of methoxy groups -OCH3 is 2. The number of benzene rings is 3. The molecule has 0 fully saturated rings. The van der Waals surface area contributed by atoms with Gasteiger partial charge in [0.1, 0.15) is 5.75 Å². The number of amides is 1. The predicted octanol–water partition coefficient (Wildman–Crippen LogP) is 5.54. The van der Waals surface area contributed by atoms with E-state index in [1.165, 1.54) is 12.0 Å². The number of nitrogens with zero attached hydrogens (tertiary/aromatic N) is 1. The molecule has 0 spiro atoms. The van der Waals surface area contributed by atoms with Crippen LogP contribution >= 0.6 is 0 Å². The van der Waals surface area contributed by atoms with E-state index in [9.17, 15) is 14.7 Å². The fourth-order valence-corrected chi connectivity index (χ4v) is 4.60. The zero-order valence-corrected chi connectivity index (χ0v) is 20.1. The summed E-state index contributed by atoms with van der Waals surface area (Å²) in [5, 5.41) is 11.7. The number of aliphatic hydroxyl groups is 1. The first-order valence-corrected chi connectivity index (χ1v) is 11.5. The SMILES string of the molecule is COc1ccc(CN2C(=O)C(O)=C(C(=O)c3cc4cccc(OC)c4o3)C2c2cccc(C)c2)cc1. The van der Waals surface area contributed by atoms with Crippen molar-refractivity contribution in [3.8, 4) is 11.5 Å². The van der Waals surface area contributed by atoms with Crippen molar-refractivity contribution < 1.29 is 28.6 Å². The van der Waals surface area contributed by atoms with E-state index in [4.69, 9.17) is 13.9 Å². The Hall–Kier alpha value is -4.52. The van der Waals surface area contributed by atoms with E-state index in [1.54, 1.807) is 43.5 Å². The zero-order chi connectivity index (χ0) is 25.4. The normalized spacial score (nSPS) is 15.6. The van der Waals surface area contributed by atoms with Crippen molar-refractivity contribution >= 4 is 22.7 Å². The molecule has 1 N–H and O–H groups in total. The Morgan fingerprint density at radius 3 is 2.44 bits per heavy atom. The van der Waals surface area contributed by atoms with E-state index < -0.39 is 23.5 Å². The molecule has 0 radical (unpaired) electrons. The van der Waals surface area contributed by atoms with Gasteiger partial charge >= 0.3 is 0 Å². The van der Waals surface area contributed by atoms with Crippen LogP contribution in [-0.2, 0) is 11.3 Å². The molecule has 1 amide bonds. The topological polar surface area (TPSA) is 89.2 Å². The highest BCUT2D eigenvalue weighted by molar-refractivity contribution is 6.16. The second-order valence-electron chi connectivity index (χ2n) is 8.68. The molecule has 1 atom stereocenters. The first-order valence-electron chi connectivity index (χ1n) is 11.5. The van der Waals surface area contributed by atoms with Crippen LogP contribution in [0, 0.1) is 6.92 Å². The van der Waals surface area contributed by atoms with Gasteiger partial charge in [0, 0.05) is 11.9 Å². The van der Waals surface area contributed by atoms with Crippen LogP contribution in [0.25, 0.3) is 11.0 Å². The van der Waals surface area contributed by atoms with Crippen LogP contribution in [0.1, 0.15) is 33.3 Å². The van der Waals surface area contributed by atoms with Gasteiger partial charge in [0.15, 0.2) is 22.9 Å². The highest BCUT2D eigenvalue weighted by atomic mass is 16.5. The Kier molecular flexibility index (Phi) is 5.98. The molecule has 36 heavy (non-hydrogen) atoms. The molecule has 1 unspecified atom stereocenters. The molecule has 1 aliphatic rings. The summed E-state index contributed by atoms with van der Waals surface area (Å²) in [6, 6.07) is 21.0. The number of hydrogen-bond donors (Lipinski definition) is 1. The lowest BCUT2D eigenvalue weighted by Crippen LogP contribution is -2.30.